The molecule has 0 aliphatic carbocycles. The Morgan fingerprint density at radius 3 is 1.18 bits per heavy atom. The van der Waals surface area contributed by atoms with Crippen molar-refractivity contribution in [1.29, 1.82) is 0 Å². The van der Waals surface area contributed by atoms with Gasteiger partial charge in [0.1, 0.15) is 69.3 Å². The average Bonchev–Trinajstić information content (AvgIpc) is 2.89. The standard InChI is InChI=1S/C30H22O10/c31-15-5-1-13(2-6-15)29-25(27(37)23-19(35)9-17(33)11-21(23)39-29)26-28(38)24-20(36)10-18(34)12-22(24)40-30(26)14-3-7-16(32)8-4-14/h1-12,25-26,29-36H/t25-,26+,29+,30?/m1/s1. The lowest BCUT2D eigenvalue weighted by molar-refractivity contribution is 0.0129. The first-order valence-corrected chi connectivity index (χ1v) is 12.2. The molecule has 40 heavy (non-hydrogen) atoms. The predicted molar refractivity (Wildman–Crippen MR) is 138 cm³/mol. The van der Waals surface area contributed by atoms with E-state index in [0.29, 0.717) is 11.1 Å². The van der Waals surface area contributed by atoms with Crippen LogP contribution in [0.3, 0.4) is 0 Å². The molecular weight excluding hydrogens is 520 g/mol. The summed E-state index contributed by atoms with van der Waals surface area (Å²) in [7, 11) is 0. The van der Waals surface area contributed by atoms with Crippen LogP contribution in [0.1, 0.15) is 44.1 Å². The molecule has 6 N–H and O–H groups in total. The van der Waals surface area contributed by atoms with Gasteiger partial charge >= 0.3 is 0 Å². The van der Waals surface area contributed by atoms with Gasteiger partial charge in [0.15, 0.2) is 11.6 Å². The number of phenolic OH excluding ortho intramolecular Hbond substituents is 6. The van der Waals surface area contributed by atoms with E-state index in [4.69, 9.17) is 9.47 Å². The van der Waals surface area contributed by atoms with Crippen molar-refractivity contribution >= 4 is 11.6 Å². The van der Waals surface area contributed by atoms with Crippen LogP contribution in [0.5, 0.6) is 46.0 Å². The summed E-state index contributed by atoms with van der Waals surface area (Å²) in [6.07, 6.45) is -2.31. The number of ether oxygens (including phenoxy) is 2. The number of phenols is 6. The van der Waals surface area contributed by atoms with E-state index in [9.17, 15) is 40.2 Å². The maximum absolute atomic E-state index is 14.2. The van der Waals surface area contributed by atoms with Crippen molar-refractivity contribution in [1.82, 2.24) is 0 Å². The van der Waals surface area contributed by atoms with Crippen molar-refractivity contribution in [3.05, 3.63) is 95.1 Å². The third-order valence-electron chi connectivity index (χ3n) is 7.22. The van der Waals surface area contributed by atoms with Crippen molar-refractivity contribution in [2.75, 3.05) is 0 Å². The van der Waals surface area contributed by atoms with Crippen molar-refractivity contribution in [3.63, 3.8) is 0 Å². The van der Waals surface area contributed by atoms with Gasteiger partial charge in [-0.15, -0.1) is 0 Å². The quantitative estimate of drug-likeness (QED) is 0.216. The number of carbonyl (C=O) groups is 2. The van der Waals surface area contributed by atoms with Crippen LogP contribution in [0, 0.1) is 11.8 Å². The lowest BCUT2D eigenvalue weighted by Crippen LogP contribution is -2.45. The second-order valence-corrected chi connectivity index (χ2v) is 9.72. The zero-order chi connectivity index (χ0) is 28.3. The lowest BCUT2D eigenvalue weighted by atomic mass is 9.69. The highest BCUT2D eigenvalue weighted by Gasteiger charge is 2.53. The minimum atomic E-state index is -1.33. The van der Waals surface area contributed by atoms with Gasteiger partial charge in [-0.05, 0) is 35.4 Å². The van der Waals surface area contributed by atoms with E-state index in [2.05, 4.69) is 0 Å². The summed E-state index contributed by atoms with van der Waals surface area (Å²) in [5.74, 6) is -6.10. The number of aromatic hydroxyl groups is 6. The van der Waals surface area contributed by atoms with Crippen molar-refractivity contribution in [3.8, 4) is 46.0 Å². The molecule has 10 nitrogen and oxygen atoms in total. The number of carbonyl (C=O) groups excluding carboxylic acids is 2. The monoisotopic (exact) mass is 542 g/mol. The van der Waals surface area contributed by atoms with Crippen molar-refractivity contribution < 1.29 is 49.7 Å². The van der Waals surface area contributed by atoms with Gasteiger partial charge in [-0.1, -0.05) is 24.3 Å². The minimum Gasteiger partial charge on any atom is -0.508 e. The number of hydrogen-bond acceptors (Lipinski definition) is 10. The Morgan fingerprint density at radius 2 is 0.825 bits per heavy atom. The topological polar surface area (TPSA) is 174 Å². The fourth-order valence-electron chi connectivity index (χ4n) is 5.46. The molecule has 10 heteroatoms. The molecule has 0 spiro atoms. The van der Waals surface area contributed by atoms with E-state index in [1.807, 2.05) is 0 Å². The zero-order valence-corrected chi connectivity index (χ0v) is 20.6. The van der Waals surface area contributed by atoms with Crippen LogP contribution in [-0.2, 0) is 0 Å². The molecule has 1 unspecified atom stereocenters. The number of ketones is 2. The Balaban J connectivity index is 1.59. The van der Waals surface area contributed by atoms with Crippen LogP contribution in [0.15, 0.2) is 72.8 Å². The number of Topliss-reactive ketones (excluding diaryl/α,β-unsaturated/α-hetero) is 2. The summed E-state index contributed by atoms with van der Waals surface area (Å²) in [5.41, 5.74) is 0.330. The first-order chi connectivity index (χ1) is 19.1. The van der Waals surface area contributed by atoms with Gasteiger partial charge < -0.3 is 40.1 Å². The van der Waals surface area contributed by atoms with Gasteiger partial charge in [-0.3, -0.25) is 9.59 Å². The molecule has 4 aromatic rings. The molecule has 6 rings (SSSR count). The van der Waals surface area contributed by atoms with E-state index in [1.165, 1.54) is 60.7 Å². The molecule has 0 saturated heterocycles. The van der Waals surface area contributed by atoms with Gasteiger partial charge in [-0.2, -0.15) is 0 Å². The Morgan fingerprint density at radius 1 is 0.475 bits per heavy atom. The summed E-state index contributed by atoms with van der Waals surface area (Å²) in [4.78, 5) is 28.4. The normalized spacial score (nSPS) is 21.6. The van der Waals surface area contributed by atoms with Crippen LogP contribution < -0.4 is 9.47 Å². The average molecular weight is 542 g/mol. The van der Waals surface area contributed by atoms with Gasteiger partial charge in [0.05, 0.1) is 11.8 Å². The Labute approximate surface area is 226 Å². The van der Waals surface area contributed by atoms with Crippen molar-refractivity contribution in [2.45, 2.75) is 12.2 Å². The summed E-state index contributed by atoms with van der Waals surface area (Å²) < 4.78 is 12.3. The third-order valence-corrected chi connectivity index (χ3v) is 7.22. The smallest absolute Gasteiger partial charge is 0.178 e. The van der Waals surface area contributed by atoms with Gasteiger partial charge in [0, 0.05) is 24.3 Å². The fourth-order valence-corrected chi connectivity index (χ4v) is 5.46. The van der Waals surface area contributed by atoms with E-state index >= 15 is 0 Å². The summed E-state index contributed by atoms with van der Waals surface area (Å²) in [6.45, 7) is 0. The molecule has 2 aliphatic rings. The number of benzene rings is 4. The first-order valence-electron chi connectivity index (χ1n) is 12.2. The minimum absolute atomic E-state index is 0.0455. The second-order valence-electron chi connectivity index (χ2n) is 9.72. The maximum atomic E-state index is 14.2. The fraction of sp³-hybridized carbons (Fsp3) is 0.133. The predicted octanol–water partition coefficient (Wildman–Crippen LogP) is 4.49. The molecule has 0 amide bonds. The molecule has 0 fully saturated rings. The van der Waals surface area contributed by atoms with E-state index in [1.54, 1.807) is 0 Å². The Bertz CT molecular complexity index is 1530. The van der Waals surface area contributed by atoms with Crippen LogP contribution in [0.4, 0.5) is 0 Å². The summed E-state index contributed by atoms with van der Waals surface area (Å²) >= 11 is 0. The largest absolute Gasteiger partial charge is 0.508 e. The van der Waals surface area contributed by atoms with Crippen LogP contribution in [0.2, 0.25) is 0 Å². The number of fused-ring (bicyclic) bond motifs is 2. The first kappa shape index (κ1) is 24.9. The second kappa shape index (κ2) is 9.12. The van der Waals surface area contributed by atoms with E-state index in [-0.39, 0.29) is 45.6 Å². The highest BCUT2D eigenvalue weighted by atomic mass is 16.5. The highest BCUT2D eigenvalue weighted by Crippen LogP contribution is 2.53. The third kappa shape index (κ3) is 3.97. The van der Waals surface area contributed by atoms with Gasteiger partial charge in [0.25, 0.3) is 0 Å². The molecule has 2 aliphatic heterocycles. The molecule has 0 aromatic heterocycles. The molecule has 0 bridgehead atoms. The number of rotatable bonds is 3. The van der Waals surface area contributed by atoms with E-state index < -0.39 is 47.1 Å². The lowest BCUT2D eigenvalue weighted by Gasteiger charge is -2.42. The Hall–Kier alpha value is -5.38. The summed E-state index contributed by atoms with van der Waals surface area (Å²) in [6, 6.07) is 15.9. The van der Waals surface area contributed by atoms with Crippen LogP contribution in [-0.4, -0.2) is 42.2 Å². The molecular formula is C30H22O10. The zero-order valence-electron chi connectivity index (χ0n) is 20.6. The van der Waals surface area contributed by atoms with Crippen molar-refractivity contribution in [2.24, 2.45) is 11.8 Å². The van der Waals surface area contributed by atoms with Crippen LogP contribution >= 0.6 is 0 Å². The van der Waals surface area contributed by atoms with Gasteiger partial charge in [-0.25, -0.2) is 0 Å². The molecule has 4 aromatic carbocycles. The van der Waals surface area contributed by atoms with Gasteiger partial charge in [0.2, 0.25) is 0 Å². The Kier molecular flexibility index (Phi) is 5.69. The maximum Gasteiger partial charge on any atom is 0.178 e. The van der Waals surface area contributed by atoms with E-state index in [0.717, 1.165) is 12.1 Å². The van der Waals surface area contributed by atoms with Crippen LogP contribution in [0.25, 0.3) is 0 Å². The summed E-state index contributed by atoms with van der Waals surface area (Å²) in [5, 5.41) is 61.1. The molecule has 4 atom stereocenters. The molecule has 0 radical (unpaired) electrons. The SMILES string of the molecule is O=C1c2c(O)cc(O)cc2O[C@@H](c2ccc(O)cc2)[C@@H]1[C@H]1C(=O)c2c(O)cc(O)cc2OC1c1ccc(O)cc1. The molecule has 2 heterocycles. The molecule has 202 valence electrons. The number of hydrogen-bond donors (Lipinski definition) is 6. The highest BCUT2D eigenvalue weighted by molar-refractivity contribution is 6.11. The molecule has 0 saturated carbocycles.